The molecule has 1 aliphatic carbocycles. The Morgan fingerprint density at radius 1 is 1.20 bits per heavy atom. The lowest BCUT2D eigenvalue weighted by atomic mass is 10.1. The van der Waals surface area contributed by atoms with Gasteiger partial charge in [-0.25, -0.2) is 0 Å². The van der Waals surface area contributed by atoms with Crippen molar-refractivity contribution >= 4 is 11.3 Å². The highest BCUT2D eigenvalue weighted by atomic mass is 32.1. The van der Waals surface area contributed by atoms with Gasteiger partial charge in [0.25, 0.3) is 0 Å². The van der Waals surface area contributed by atoms with Gasteiger partial charge in [0.1, 0.15) is 6.54 Å². The Morgan fingerprint density at radius 3 is 2.53 bits per heavy atom. The van der Waals surface area contributed by atoms with Crippen molar-refractivity contribution in [1.29, 1.82) is 0 Å². The second kappa shape index (κ2) is 5.66. The summed E-state index contributed by atoms with van der Waals surface area (Å²) in [6.45, 7) is 3.39. The fraction of sp³-hybridized carbons (Fsp3) is 0.692. The minimum atomic E-state index is 0.898. The zero-order chi connectivity index (χ0) is 10.5. The minimum absolute atomic E-state index is 0.898. The Hall–Kier alpha value is -0.340. The maximum absolute atomic E-state index is 2.57. The van der Waals surface area contributed by atoms with E-state index in [4.69, 9.17) is 0 Å². The quantitative estimate of drug-likeness (QED) is 0.760. The van der Waals surface area contributed by atoms with Crippen LogP contribution in [0.5, 0.6) is 0 Å². The van der Waals surface area contributed by atoms with E-state index in [-0.39, 0.29) is 0 Å². The maximum Gasteiger partial charge on any atom is 0.111 e. The van der Waals surface area contributed by atoms with Gasteiger partial charge in [-0.3, -0.25) is 0 Å². The molecule has 2 heteroatoms. The summed E-state index contributed by atoms with van der Waals surface area (Å²) in [5.74, 6) is 0. The standard InChI is InChI=1S/C13H21NS/c1-11-8-9-13(15-11)10-14-12-6-4-2-3-5-7-12/h8-9,12,14H,2-7,10H2,1H3/p+1. The largest absolute Gasteiger partial charge is 0.339 e. The molecule has 0 unspecified atom stereocenters. The van der Waals surface area contributed by atoms with E-state index in [0.717, 1.165) is 6.04 Å². The molecule has 1 aromatic heterocycles. The van der Waals surface area contributed by atoms with Crippen LogP contribution >= 0.6 is 11.3 Å². The minimum Gasteiger partial charge on any atom is -0.339 e. The Morgan fingerprint density at radius 2 is 1.93 bits per heavy atom. The molecule has 0 saturated heterocycles. The molecular formula is C13H22NS+. The lowest BCUT2D eigenvalue weighted by molar-refractivity contribution is -0.705. The van der Waals surface area contributed by atoms with Crippen molar-refractivity contribution in [2.24, 2.45) is 0 Å². The van der Waals surface area contributed by atoms with E-state index >= 15 is 0 Å². The van der Waals surface area contributed by atoms with Crippen LogP contribution in [0.3, 0.4) is 0 Å². The van der Waals surface area contributed by atoms with Gasteiger partial charge in [0.05, 0.1) is 10.9 Å². The van der Waals surface area contributed by atoms with Crippen LogP contribution in [0, 0.1) is 6.92 Å². The normalized spacial score (nSPS) is 19.0. The Balaban J connectivity index is 1.76. The summed E-state index contributed by atoms with van der Waals surface area (Å²) in [6, 6.07) is 5.42. The first-order valence-electron chi connectivity index (χ1n) is 6.23. The third kappa shape index (κ3) is 3.62. The van der Waals surface area contributed by atoms with Gasteiger partial charge in [0, 0.05) is 4.88 Å². The summed E-state index contributed by atoms with van der Waals surface area (Å²) in [6.07, 6.45) is 8.69. The molecule has 1 saturated carbocycles. The summed E-state index contributed by atoms with van der Waals surface area (Å²) in [5, 5.41) is 2.57. The predicted molar refractivity (Wildman–Crippen MR) is 66.2 cm³/mol. The Labute approximate surface area is 96.9 Å². The third-order valence-corrected chi connectivity index (χ3v) is 4.37. The summed E-state index contributed by atoms with van der Waals surface area (Å²) >= 11 is 1.95. The molecule has 0 aliphatic heterocycles. The Kier molecular flexibility index (Phi) is 4.21. The van der Waals surface area contributed by atoms with E-state index < -0.39 is 0 Å². The Bertz CT molecular complexity index is 284. The van der Waals surface area contributed by atoms with Crippen LogP contribution in [0.15, 0.2) is 12.1 Å². The third-order valence-electron chi connectivity index (χ3n) is 3.35. The molecular weight excluding hydrogens is 202 g/mol. The molecule has 0 radical (unpaired) electrons. The van der Waals surface area contributed by atoms with Gasteiger partial charge in [-0.2, -0.15) is 0 Å². The average Bonchev–Trinajstić information content (AvgIpc) is 2.52. The second-order valence-corrected chi connectivity index (χ2v) is 6.08. The molecule has 84 valence electrons. The topological polar surface area (TPSA) is 16.6 Å². The molecule has 1 heterocycles. The lowest BCUT2D eigenvalue weighted by Gasteiger charge is -2.11. The summed E-state index contributed by atoms with van der Waals surface area (Å²) < 4.78 is 0. The smallest absolute Gasteiger partial charge is 0.111 e. The van der Waals surface area contributed by atoms with Crippen LogP contribution in [0.25, 0.3) is 0 Å². The van der Waals surface area contributed by atoms with Gasteiger partial charge < -0.3 is 5.32 Å². The van der Waals surface area contributed by atoms with Crippen molar-refractivity contribution in [2.75, 3.05) is 0 Å². The maximum atomic E-state index is 2.57. The van der Waals surface area contributed by atoms with Gasteiger partial charge >= 0.3 is 0 Å². The highest BCUT2D eigenvalue weighted by Gasteiger charge is 2.14. The molecule has 0 bridgehead atoms. The van der Waals surface area contributed by atoms with Crippen molar-refractivity contribution in [2.45, 2.75) is 58.0 Å². The fourth-order valence-electron chi connectivity index (χ4n) is 2.42. The molecule has 1 fully saturated rings. The number of thiophene rings is 1. The zero-order valence-electron chi connectivity index (χ0n) is 9.67. The predicted octanol–water partition coefficient (Wildman–Crippen LogP) is 2.84. The lowest BCUT2D eigenvalue weighted by Crippen LogP contribution is -2.88. The number of nitrogens with two attached hydrogens (primary N) is 1. The summed E-state index contributed by atoms with van der Waals surface area (Å²) in [4.78, 5) is 2.98. The van der Waals surface area contributed by atoms with E-state index in [0.29, 0.717) is 0 Å². The van der Waals surface area contributed by atoms with Crippen LogP contribution in [0.4, 0.5) is 0 Å². The number of hydrogen-bond acceptors (Lipinski definition) is 1. The van der Waals surface area contributed by atoms with Gasteiger partial charge in [0.2, 0.25) is 0 Å². The highest BCUT2D eigenvalue weighted by molar-refractivity contribution is 7.11. The first kappa shape index (κ1) is 11.2. The first-order chi connectivity index (χ1) is 7.34. The van der Waals surface area contributed by atoms with E-state index in [9.17, 15) is 0 Å². The molecule has 2 rings (SSSR count). The van der Waals surface area contributed by atoms with Crippen molar-refractivity contribution in [3.63, 3.8) is 0 Å². The number of hydrogen-bond donors (Lipinski definition) is 1. The number of rotatable bonds is 3. The molecule has 2 N–H and O–H groups in total. The first-order valence-corrected chi connectivity index (χ1v) is 7.05. The molecule has 1 nitrogen and oxygen atoms in total. The highest BCUT2D eigenvalue weighted by Crippen LogP contribution is 2.16. The number of aryl methyl sites for hydroxylation is 1. The van der Waals surface area contributed by atoms with Gasteiger partial charge in [-0.1, -0.05) is 12.8 Å². The van der Waals surface area contributed by atoms with Crippen LogP contribution in [-0.4, -0.2) is 6.04 Å². The van der Waals surface area contributed by atoms with Crippen molar-refractivity contribution in [3.8, 4) is 0 Å². The van der Waals surface area contributed by atoms with Crippen LogP contribution in [-0.2, 0) is 6.54 Å². The van der Waals surface area contributed by atoms with Gasteiger partial charge in [0.15, 0.2) is 0 Å². The van der Waals surface area contributed by atoms with E-state index in [2.05, 4.69) is 24.4 Å². The molecule has 0 atom stereocenters. The van der Waals surface area contributed by atoms with E-state index in [1.165, 1.54) is 54.8 Å². The monoisotopic (exact) mass is 224 g/mol. The van der Waals surface area contributed by atoms with Crippen LogP contribution in [0.1, 0.15) is 48.3 Å². The van der Waals surface area contributed by atoms with Crippen LogP contribution in [0.2, 0.25) is 0 Å². The second-order valence-electron chi connectivity index (χ2n) is 4.70. The van der Waals surface area contributed by atoms with Crippen molar-refractivity contribution in [1.82, 2.24) is 0 Å². The van der Waals surface area contributed by atoms with Gasteiger partial charge in [-0.05, 0) is 44.7 Å². The molecule has 0 amide bonds. The fourth-order valence-corrected chi connectivity index (χ4v) is 3.29. The van der Waals surface area contributed by atoms with Gasteiger partial charge in [-0.15, -0.1) is 11.3 Å². The summed E-state index contributed by atoms with van der Waals surface area (Å²) in [7, 11) is 0. The summed E-state index contributed by atoms with van der Waals surface area (Å²) in [5.41, 5.74) is 0. The average molecular weight is 224 g/mol. The van der Waals surface area contributed by atoms with E-state index in [1.54, 1.807) is 0 Å². The molecule has 0 spiro atoms. The zero-order valence-corrected chi connectivity index (χ0v) is 10.5. The molecule has 1 aliphatic rings. The molecule has 1 aromatic rings. The van der Waals surface area contributed by atoms with Crippen molar-refractivity contribution < 1.29 is 5.32 Å². The van der Waals surface area contributed by atoms with Crippen LogP contribution < -0.4 is 5.32 Å². The molecule has 15 heavy (non-hydrogen) atoms. The molecule has 0 aromatic carbocycles. The number of quaternary nitrogens is 1. The van der Waals surface area contributed by atoms with E-state index in [1.807, 2.05) is 11.3 Å². The SMILES string of the molecule is Cc1ccc(C[NH2+]C2CCCCCC2)s1. The van der Waals surface area contributed by atoms with Crippen molar-refractivity contribution in [3.05, 3.63) is 21.9 Å².